The van der Waals surface area contributed by atoms with Crippen LogP contribution in [0.25, 0.3) is 0 Å². The molecule has 1 aromatic rings. The van der Waals surface area contributed by atoms with Gasteiger partial charge in [-0.05, 0) is 57.4 Å². The quantitative estimate of drug-likeness (QED) is 0.199. The maximum atomic E-state index is 10.2. The van der Waals surface area contributed by atoms with Gasteiger partial charge in [0, 0.05) is 54.1 Å². The smallest absolute Gasteiger partial charge is 0.287 e. The SMILES string of the molecule is CC(O)[C@H]1C[C@@H]2OC(N(C)C)=N[C@@H]2[C@@H](OCc2ccccc2)[C@@H]1C.C[C@@H](O)[C@H]1C[C@@H]2OC(N(C)C)=N[C@@H]2[C@@H](O)[C@@H]1O.C[C@H](O)[C@H]1C[C@@H]2OC(N(C)C)=N[C@@H]2[C@@H](O)[C@@H]1O. The van der Waals surface area contributed by atoms with Gasteiger partial charge in [0.15, 0.2) is 0 Å². The molecule has 0 spiro atoms. The van der Waals surface area contributed by atoms with Crippen LogP contribution in [0.1, 0.15) is 52.5 Å². The van der Waals surface area contributed by atoms with Crippen LogP contribution in [0, 0.1) is 23.7 Å². The summed E-state index contributed by atoms with van der Waals surface area (Å²) in [5.41, 5.74) is 1.15. The zero-order valence-corrected chi connectivity index (χ0v) is 35.6. The van der Waals surface area contributed by atoms with Crippen molar-refractivity contribution in [1.82, 2.24) is 14.7 Å². The van der Waals surface area contributed by atoms with E-state index in [1.165, 1.54) is 0 Å². The molecular formula is C41H68N6O11. The highest BCUT2D eigenvalue weighted by atomic mass is 16.5. The predicted octanol–water partition coefficient (Wildman–Crippen LogP) is -0.119. The van der Waals surface area contributed by atoms with Crippen molar-refractivity contribution in [2.75, 3.05) is 42.3 Å². The number of hydrogen-bond acceptors (Lipinski definition) is 17. The average Bonchev–Trinajstić information content (AvgIpc) is 3.92. The maximum Gasteiger partial charge on any atom is 0.287 e. The third-order valence-electron chi connectivity index (χ3n) is 12.3. The number of fused-ring (bicyclic) bond motifs is 3. The van der Waals surface area contributed by atoms with Crippen LogP contribution in [0.15, 0.2) is 45.3 Å². The Morgan fingerprint density at radius 1 is 0.586 bits per heavy atom. The van der Waals surface area contributed by atoms with E-state index < -0.39 is 48.7 Å². The molecule has 1 aromatic carbocycles. The van der Waals surface area contributed by atoms with Crippen molar-refractivity contribution in [2.24, 2.45) is 38.6 Å². The van der Waals surface area contributed by atoms with E-state index in [9.17, 15) is 35.7 Å². The number of ether oxygens (including phenoxy) is 4. The van der Waals surface area contributed by atoms with Crippen molar-refractivity contribution in [3.05, 3.63) is 35.9 Å². The fourth-order valence-corrected chi connectivity index (χ4v) is 8.82. The van der Waals surface area contributed by atoms with E-state index in [1.54, 1.807) is 23.6 Å². The maximum absolute atomic E-state index is 10.2. The lowest BCUT2D eigenvalue weighted by molar-refractivity contribution is -0.111. The van der Waals surface area contributed by atoms with Gasteiger partial charge in [-0.2, -0.15) is 0 Å². The van der Waals surface area contributed by atoms with Crippen molar-refractivity contribution in [3.63, 3.8) is 0 Å². The van der Waals surface area contributed by atoms with Crippen LogP contribution < -0.4 is 0 Å². The molecule has 17 heteroatoms. The summed E-state index contributed by atoms with van der Waals surface area (Å²) >= 11 is 0. The lowest BCUT2D eigenvalue weighted by Crippen LogP contribution is -2.54. The summed E-state index contributed by atoms with van der Waals surface area (Å²) in [4.78, 5) is 18.6. The first kappa shape index (κ1) is 45.8. The topological polar surface area (TPSA) is 225 Å². The highest BCUT2D eigenvalue weighted by molar-refractivity contribution is 5.76. The lowest BCUT2D eigenvalue weighted by Gasteiger charge is -2.42. The number of nitrogens with zero attached hydrogens (tertiary/aromatic N) is 6. The number of aliphatic imine (C=N–C) groups is 3. The Morgan fingerprint density at radius 2 is 0.948 bits per heavy atom. The molecule has 6 aliphatic rings. The van der Waals surface area contributed by atoms with Gasteiger partial charge in [0.05, 0.1) is 43.2 Å². The highest BCUT2D eigenvalue weighted by Crippen LogP contribution is 2.41. The minimum absolute atomic E-state index is 0.00360. The van der Waals surface area contributed by atoms with Gasteiger partial charge in [0.1, 0.15) is 48.6 Å². The summed E-state index contributed by atoms with van der Waals surface area (Å²) in [6.07, 6.45) is -4.36. The Kier molecular flexibility index (Phi) is 15.3. The molecular weight excluding hydrogens is 752 g/mol. The molecule has 3 saturated carbocycles. The predicted molar refractivity (Wildman–Crippen MR) is 217 cm³/mol. The van der Waals surface area contributed by atoms with E-state index in [2.05, 4.69) is 29.0 Å². The molecule has 328 valence electrons. The first-order chi connectivity index (χ1) is 27.3. The zero-order valence-electron chi connectivity index (χ0n) is 35.6. The number of aliphatic hydroxyl groups excluding tert-OH is 7. The Hall–Kier alpha value is -3.29. The molecule has 3 fully saturated rings. The second kappa shape index (κ2) is 19.4. The summed E-state index contributed by atoms with van der Waals surface area (Å²) in [7, 11) is 11.1. The Morgan fingerprint density at radius 3 is 1.33 bits per heavy atom. The van der Waals surface area contributed by atoms with Crippen molar-refractivity contribution in [2.45, 2.75) is 139 Å². The van der Waals surface area contributed by atoms with Gasteiger partial charge in [-0.1, -0.05) is 37.3 Å². The molecule has 0 radical (unpaired) electrons. The first-order valence-electron chi connectivity index (χ1n) is 20.5. The van der Waals surface area contributed by atoms with Gasteiger partial charge in [-0.15, -0.1) is 0 Å². The van der Waals surface area contributed by atoms with E-state index in [-0.39, 0.29) is 60.2 Å². The Balaban J connectivity index is 0.000000170. The van der Waals surface area contributed by atoms with E-state index in [1.807, 2.05) is 72.3 Å². The molecule has 0 aromatic heterocycles. The highest BCUT2D eigenvalue weighted by Gasteiger charge is 2.52. The minimum atomic E-state index is -0.981. The molecule has 0 saturated heterocycles. The third kappa shape index (κ3) is 10.2. The Labute approximate surface area is 342 Å². The molecule has 0 amide bonds. The number of rotatable bonds is 6. The number of hydrogen-bond donors (Lipinski definition) is 7. The van der Waals surface area contributed by atoms with E-state index in [4.69, 9.17) is 23.9 Å². The zero-order chi connectivity index (χ0) is 42.7. The summed E-state index contributed by atoms with van der Waals surface area (Å²) in [5.74, 6) is -0.363. The molecule has 7 N–H and O–H groups in total. The molecule has 0 bridgehead atoms. The van der Waals surface area contributed by atoms with Crippen molar-refractivity contribution in [3.8, 4) is 0 Å². The van der Waals surface area contributed by atoms with E-state index in [0.717, 1.165) is 12.0 Å². The summed E-state index contributed by atoms with van der Waals surface area (Å²) in [5, 5.41) is 69.2. The van der Waals surface area contributed by atoms with Crippen LogP contribution in [0.4, 0.5) is 0 Å². The number of aliphatic hydroxyl groups is 7. The average molecular weight is 821 g/mol. The van der Waals surface area contributed by atoms with Crippen molar-refractivity contribution >= 4 is 18.1 Å². The van der Waals surface area contributed by atoms with Crippen LogP contribution in [-0.4, -0.2) is 196 Å². The van der Waals surface area contributed by atoms with Gasteiger partial charge in [-0.3, -0.25) is 0 Å². The van der Waals surface area contributed by atoms with Gasteiger partial charge in [-0.25, -0.2) is 15.0 Å². The van der Waals surface area contributed by atoms with E-state index in [0.29, 0.717) is 37.5 Å². The molecule has 7 rings (SSSR count). The molecule has 3 heterocycles. The number of amidine groups is 3. The molecule has 17 nitrogen and oxygen atoms in total. The van der Waals surface area contributed by atoms with Crippen LogP contribution in [-0.2, 0) is 25.6 Å². The lowest BCUT2D eigenvalue weighted by atomic mass is 9.72. The fraction of sp³-hybridized carbons (Fsp3) is 0.780. The standard InChI is InChI=1S/C19H28N2O3.2C11H20N2O4/c1-12-15(13(2)22)10-16-17(20-19(24-16)21(3)4)18(12)23-11-14-8-6-5-7-9-14;2*1-5(14)6-4-7-8(10(16)9(6)15)12-11(17-7)13(2)3/h5-9,12-13,15-18,22H,10-11H2,1-4H3;2*5-10,14-16H,4H2,1-3H3/t12-,13?,15+,16+,17+,18+;5-,6+,7-,8-,9+,10+;5-,6-,7+,8+,9-,10-/m101/s1. The monoisotopic (exact) mass is 820 g/mol. The van der Waals surface area contributed by atoms with Crippen LogP contribution in [0.5, 0.6) is 0 Å². The van der Waals surface area contributed by atoms with Gasteiger partial charge in [0.2, 0.25) is 0 Å². The number of benzene rings is 1. The van der Waals surface area contributed by atoms with Crippen LogP contribution in [0.3, 0.4) is 0 Å². The van der Waals surface area contributed by atoms with Crippen molar-refractivity contribution < 1.29 is 54.7 Å². The summed E-state index contributed by atoms with van der Waals surface area (Å²) in [6, 6.07) is 10.9. The van der Waals surface area contributed by atoms with Gasteiger partial charge >= 0.3 is 0 Å². The van der Waals surface area contributed by atoms with Crippen molar-refractivity contribution in [1.29, 1.82) is 0 Å². The van der Waals surface area contributed by atoms with Gasteiger partial charge < -0.3 is 69.4 Å². The normalized spacial score (nSPS) is 38.7. The van der Waals surface area contributed by atoms with Crippen LogP contribution in [0.2, 0.25) is 0 Å². The molecule has 1 unspecified atom stereocenters. The first-order valence-corrected chi connectivity index (χ1v) is 20.5. The summed E-state index contributed by atoms with van der Waals surface area (Å²) < 4.78 is 23.5. The minimum Gasteiger partial charge on any atom is -0.459 e. The second-order valence-electron chi connectivity index (χ2n) is 17.4. The van der Waals surface area contributed by atoms with Gasteiger partial charge in [0.25, 0.3) is 18.1 Å². The molecule has 3 aliphatic heterocycles. The van der Waals surface area contributed by atoms with E-state index >= 15 is 0 Å². The Bertz CT molecular complexity index is 1500. The second-order valence-corrected chi connectivity index (χ2v) is 17.4. The summed E-state index contributed by atoms with van der Waals surface area (Å²) in [6.45, 7) is 7.80. The molecule has 18 atom stereocenters. The third-order valence-corrected chi connectivity index (χ3v) is 12.3. The molecule has 3 aliphatic carbocycles. The van der Waals surface area contributed by atoms with Crippen LogP contribution >= 0.6 is 0 Å². The fourth-order valence-electron chi connectivity index (χ4n) is 8.82. The largest absolute Gasteiger partial charge is 0.459 e. The molecule has 58 heavy (non-hydrogen) atoms.